The fourth-order valence-electron chi connectivity index (χ4n) is 5.31. The highest BCUT2D eigenvalue weighted by Crippen LogP contribution is 2.49. The van der Waals surface area contributed by atoms with E-state index in [-0.39, 0.29) is 17.1 Å². The van der Waals surface area contributed by atoms with Crippen molar-refractivity contribution in [3.8, 4) is 0 Å². The molecule has 3 aromatic rings. The maximum atomic E-state index is 12.4. The van der Waals surface area contributed by atoms with E-state index in [1.165, 1.54) is 47.2 Å². The summed E-state index contributed by atoms with van der Waals surface area (Å²) in [6.45, 7) is 3.85. The summed E-state index contributed by atoms with van der Waals surface area (Å²) in [7, 11) is 0. The third-order valence-corrected chi connectivity index (χ3v) is 7.71. The summed E-state index contributed by atoms with van der Waals surface area (Å²) in [5, 5.41) is 0. The van der Waals surface area contributed by atoms with Crippen molar-refractivity contribution in [1.82, 2.24) is 9.97 Å². The van der Waals surface area contributed by atoms with Gasteiger partial charge in [-0.05, 0) is 67.9 Å². The van der Waals surface area contributed by atoms with Gasteiger partial charge in [-0.2, -0.15) is 0 Å². The summed E-state index contributed by atoms with van der Waals surface area (Å²) < 4.78 is 0. The van der Waals surface area contributed by atoms with Crippen molar-refractivity contribution >= 4 is 11.5 Å². The van der Waals surface area contributed by atoms with Crippen molar-refractivity contribution in [2.45, 2.75) is 57.4 Å². The first-order valence-corrected chi connectivity index (χ1v) is 11.9. The van der Waals surface area contributed by atoms with Gasteiger partial charge in [0.25, 0.3) is 0 Å². The second-order valence-electron chi connectivity index (χ2n) is 9.82. The van der Waals surface area contributed by atoms with Gasteiger partial charge in [-0.3, -0.25) is 4.79 Å². The summed E-state index contributed by atoms with van der Waals surface area (Å²) in [5.41, 5.74) is 7.77. The number of hydrogen-bond donors (Lipinski definition) is 0. The number of Topliss-reactive ketones (excluding diaryl/α,β-unsaturated/α-hetero) is 1. The molecule has 162 valence electrons. The summed E-state index contributed by atoms with van der Waals surface area (Å²) in [5.74, 6) is 0.692. The Bertz CT molecular complexity index is 1160. The molecule has 0 atom stereocenters. The maximum absolute atomic E-state index is 12.4. The van der Waals surface area contributed by atoms with Gasteiger partial charge in [0.1, 0.15) is 0 Å². The molecule has 3 aliphatic rings. The zero-order valence-corrected chi connectivity index (χ0v) is 18.7. The highest BCUT2D eigenvalue weighted by atomic mass is 16.1. The molecule has 0 amide bonds. The Balaban J connectivity index is 1.23. The number of aryl methyl sites for hydroxylation is 1. The standard InChI is InChI=1S/C28H29N3O/c1-19-3-7-22(8-4-19)28(14-2-15-28)23-9-11-24(12-10-23)31-16-13-21-17-29-27(30-25(21)18-31)26(32)20-5-6-20/h3-4,7-12,17,20H,2,5-6,13-16,18H2,1H3. The fraction of sp³-hybridized carbons (Fsp3) is 0.393. The summed E-state index contributed by atoms with van der Waals surface area (Å²) in [6, 6.07) is 18.3. The minimum absolute atomic E-state index is 0.121. The molecule has 1 aliphatic heterocycles. The number of fused-ring (bicyclic) bond motifs is 1. The maximum Gasteiger partial charge on any atom is 0.203 e. The molecule has 32 heavy (non-hydrogen) atoms. The number of carbonyl (C=O) groups is 1. The lowest BCUT2D eigenvalue weighted by Gasteiger charge is -2.43. The van der Waals surface area contributed by atoms with Crippen molar-refractivity contribution in [3.63, 3.8) is 0 Å². The van der Waals surface area contributed by atoms with Crippen LogP contribution in [0.3, 0.4) is 0 Å². The number of benzene rings is 2. The van der Waals surface area contributed by atoms with Gasteiger partial charge in [0.15, 0.2) is 5.82 Å². The van der Waals surface area contributed by atoms with Crippen molar-refractivity contribution < 1.29 is 4.79 Å². The van der Waals surface area contributed by atoms with Gasteiger partial charge in [0, 0.05) is 29.8 Å². The molecule has 1 aromatic heterocycles. The number of nitrogens with zero attached hydrogens (tertiary/aromatic N) is 3. The van der Waals surface area contributed by atoms with Gasteiger partial charge >= 0.3 is 0 Å². The lowest BCUT2D eigenvalue weighted by Crippen LogP contribution is -2.35. The Kier molecular flexibility index (Phi) is 4.63. The zero-order chi connectivity index (χ0) is 21.7. The molecule has 0 spiro atoms. The van der Waals surface area contributed by atoms with E-state index in [2.05, 4.69) is 70.3 Å². The van der Waals surface area contributed by atoms with E-state index < -0.39 is 0 Å². The topological polar surface area (TPSA) is 46.1 Å². The van der Waals surface area contributed by atoms with Gasteiger partial charge in [-0.1, -0.05) is 48.4 Å². The largest absolute Gasteiger partial charge is 0.365 e. The van der Waals surface area contributed by atoms with Gasteiger partial charge in [-0.15, -0.1) is 0 Å². The fourth-order valence-corrected chi connectivity index (χ4v) is 5.31. The Labute approximate surface area is 189 Å². The van der Waals surface area contributed by atoms with Crippen LogP contribution in [-0.4, -0.2) is 22.3 Å². The molecule has 4 heteroatoms. The van der Waals surface area contributed by atoms with Crippen LogP contribution in [0.4, 0.5) is 5.69 Å². The van der Waals surface area contributed by atoms with Crippen LogP contribution < -0.4 is 4.90 Å². The van der Waals surface area contributed by atoms with E-state index in [1.807, 2.05) is 6.20 Å². The predicted molar refractivity (Wildman–Crippen MR) is 126 cm³/mol. The normalized spacial score (nSPS) is 19.2. The monoisotopic (exact) mass is 423 g/mol. The molecule has 0 unspecified atom stereocenters. The molecule has 0 radical (unpaired) electrons. The molecule has 2 aliphatic carbocycles. The SMILES string of the molecule is Cc1ccc(C2(c3ccc(N4CCc5cnc(C(=O)C6CC6)nc5C4)cc3)CCC2)cc1. The number of ketones is 1. The molecule has 2 saturated carbocycles. The number of anilines is 1. The van der Waals surface area contributed by atoms with Crippen molar-refractivity contribution in [3.05, 3.63) is 88.5 Å². The molecule has 0 N–H and O–H groups in total. The second-order valence-corrected chi connectivity index (χ2v) is 9.82. The Morgan fingerprint density at radius 2 is 1.69 bits per heavy atom. The van der Waals surface area contributed by atoms with Crippen LogP contribution in [0.2, 0.25) is 0 Å². The zero-order valence-electron chi connectivity index (χ0n) is 18.7. The third kappa shape index (κ3) is 3.33. The number of hydrogen-bond acceptors (Lipinski definition) is 4. The van der Waals surface area contributed by atoms with Crippen LogP contribution >= 0.6 is 0 Å². The average molecular weight is 424 g/mol. The predicted octanol–water partition coefficient (Wildman–Crippen LogP) is 5.41. The molecule has 2 fully saturated rings. The Morgan fingerprint density at radius 1 is 1.00 bits per heavy atom. The van der Waals surface area contributed by atoms with Crippen LogP contribution in [0.5, 0.6) is 0 Å². The quantitative estimate of drug-likeness (QED) is 0.515. The van der Waals surface area contributed by atoms with Crippen LogP contribution in [0.25, 0.3) is 0 Å². The first-order chi connectivity index (χ1) is 15.6. The lowest BCUT2D eigenvalue weighted by molar-refractivity contribution is 0.0957. The summed E-state index contributed by atoms with van der Waals surface area (Å²) in [4.78, 5) is 23.8. The minimum Gasteiger partial charge on any atom is -0.365 e. The van der Waals surface area contributed by atoms with Crippen molar-refractivity contribution in [1.29, 1.82) is 0 Å². The minimum atomic E-state index is 0.121. The number of rotatable bonds is 5. The Morgan fingerprint density at radius 3 is 2.31 bits per heavy atom. The Hall–Kier alpha value is -3.01. The van der Waals surface area contributed by atoms with Crippen molar-refractivity contribution in [2.24, 2.45) is 5.92 Å². The third-order valence-electron chi connectivity index (χ3n) is 7.71. The molecule has 2 heterocycles. The molecule has 4 nitrogen and oxygen atoms in total. The van der Waals surface area contributed by atoms with Crippen LogP contribution in [0.1, 0.15) is 70.7 Å². The van der Waals surface area contributed by atoms with Gasteiger partial charge < -0.3 is 4.90 Å². The molecule has 2 aromatic carbocycles. The van der Waals surface area contributed by atoms with Gasteiger partial charge in [0.05, 0.1) is 12.2 Å². The molecular weight excluding hydrogens is 394 g/mol. The van der Waals surface area contributed by atoms with Crippen LogP contribution in [-0.2, 0) is 18.4 Å². The smallest absolute Gasteiger partial charge is 0.203 e. The molecule has 0 saturated heterocycles. The highest BCUT2D eigenvalue weighted by molar-refractivity contribution is 5.96. The molecule has 6 rings (SSSR count). The van der Waals surface area contributed by atoms with E-state index in [0.717, 1.165) is 38.0 Å². The molecule has 0 bridgehead atoms. The van der Waals surface area contributed by atoms with Gasteiger partial charge in [0.2, 0.25) is 5.78 Å². The number of aromatic nitrogens is 2. The van der Waals surface area contributed by atoms with Gasteiger partial charge in [-0.25, -0.2) is 9.97 Å². The molecular formula is C28H29N3O. The van der Waals surface area contributed by atoms with Crippen molar-refractivity contribution in [2.75, 3.05) is 11.4 Å². The van der Waals surface area contributed by atoms with E-state index in [0.29, 0.717) is 5.82 Å². The van der Waals surface area contributed by atoms with Crippen LogP contribution in [0, 0.1) is 12.8 Å². The van der Waals surface area contributed by atoms with E-state index in [1.54, 1.807) is 0 Å². The van der Waals surface area contributed by atoms with E-state index >= 15 is 0 Å². The second kappa shape index (κ2) is 7.54. The highest BCUT2D eigenvalue weighted by Gasteiger charge is 2.40. The van der Waals surface area contributed by atoms with E-state index in [4.69, 9.17) is 0 Å². The summed E-state index contributed by atoms with van der Waals surface area (Å²) in [6.07, 6.45) is 8.51. The summed E-state index contributed by atoms with van der Waals surface area (Å²) >= 11 is 0. The first-order valence-electron chi connectivity index (χ1n) is 11.9. The lowest BCUT2D eigenvalue weighted by atomic mass is 9.60. The first kappa shape index (κ1) is 19.7. The van der Waals surface area contributed by atoms with Crippen LogP contribution in [0.15, 0.2) is 54.7 Å². The van der Waals surface area contributed by atoms with E-state index in [9.17, 15) is 4.79 Å². The number of carbonyl (C=O) groups excluding carboxylic acids is 1. The average Bonchev–Trinajstić information content (AvgIpc) is 3.64.